The van der Waals surface area contributed by atoms with Gasteiger partial charge in [-0.3, -0.25) is 4.79 Å². The number of benzene rings is 2. The van der Waals surface area contributed by atoms with E-state index >= 15 is 0 Å². The number of hydrogen-bond donors (Lipinski definition) is 1. The van der Waals surface area contributed by atoms with Crippen molar-refractivity contribution in [3.8, 4) is 6.07 Å². The normalized spacial score (nSPS) is 10.6. The Labute approximate surface area is 147 Å². The summed E-state index contributed by atoms with van der Waals surface area (Å²) in [6, 6.07) is 17.7. The average molecular weight is 385 g/mol. The minimum atomic E-state index is -0.842. The Kier molecular flexibility index (Phi) is 6.29. The van der Waals surface area contributed by atoms with E-state index < -0.39 is 18.5 Å². The summed E-state index contributed by atoms with van der Waals surface area (Å²) in [6.07, 6.45) is 1.41. The Bertz CT molecular complexity index is 811. The first-order valence-corrected chi connectivity index (χ1v) is 7.77. The predicted octanol–water partition coefficient (Wildman–Crippen LogP) is 3.54. The lowest BCUT2D eigenvalue weighted by molar-refractivity contribution is -0.142. The van der Waals surface area contributed by atoms with Crippen molar-refractivity contribution in [1.82, 2.24) is 0 Å². The molecule has 0 radical (unpaired) electrons. The lowest BCUT2D eigenvalue weighted by Crippen LogP contribution is -2.21. The van der Waals surface area contributed by atoms with Crippen LogP contribution in [0.4, 0.5) is 5.69 Å². The average Bonchev–Trinajstić information content (AvgIpc) is 2.58. The molecule has 2 aromatic rings. The van der Waals surface area contributed by atoms with Crippen molar-refractivity contribution in [3.63, 3.8) is 0 Å². The topological polar surface area (TPSA) is 79.2 Å². The third kappa shape index (κ3) is 5.38. The summed E-state index contributed by atoms with van der Waals surface area (Å²) >= 11 is 3.29. The maximum atomic E-state index is 11.9. The molecule has 0 aliphatic carbocycles. The number of rotatable bonds is 5. The quantitative estimate of drug-likeness (QED) is 0.485. The number of nitrogens with zero attached hydrogens (tertiary/aromatic N) is 1. The van der Waals surface area contributed by atoms with E-state index in [-0.39, 0.29) is 5.57 Å². The van der Waals surface area contributed by atoms with Gasteiger partial charge < -0.3 is 10.1 Å². The Hall–Kier alpha value is -2.91. The third-order valence-corrected chi connectivity index (χ3v) is 3.39. The molecule has 0 aliphatic rings. The van der Waals surface area contributed by atoms with Crippen molar-refractivity contribution in [2.75, 3.05) is 11.9 Å². The molecule has 0 unspecified atom stereocenters. The summed E-state index contributed by atoms with van der Waals surface area (Å²) < 4.78 is 5.69. The summed E-state index contributed by atoms with van der Waals surface area (Å²) in [5.41, 5.74) is 1.10. The smallest absolute Gasteiger partial charge is 0.349 e. The van der Waals surface area contributed by atoms with Crippen LogP contribution in [0.3, 0.4) is 0 Å². The molecule has 0 fully saturated rings. The minimum absolute atomic E-state index is 0.170. The van der Waals surface area contributed by atoms with Gasteiger partial charge >= 0.3 is 5.97 Å². The summed E-state index contributed by atoms with van der Waals surface area (Å²) in [5, 5.41) is 11.7. The molecule has 0 heterocycles. The van der Waals surface area contributed by atoms with Gasteiger partial charge in [-0.1, -0.05) is 52.3 Å². The lowest BCUT2D eigenvalue weighted by atomic mass is 10.1. The third-order valence-electron chi connectivity index (χ3n) is 2.89. The SMILES string of the molecule is N#CC(=Cc1ccccc1)C(=O)OCC(=O)Nc1cccc(Br)c1. The van der Waals surface area contributed by atoms with Crippen molar-refractivity contribution < 1.29 is 14.3 Å². The fourth-order valence-electron chi connectivity index (χ4n) is 1.82. The summed E-state index contributed by atoms with van der Waals surface area (Å²) in [6.45, 7) is -0.473. The van der Waals surface area contributed by atoms with Gasteiger partial charge in [0.25, 0.3) is 5.91 Å². The Morgan fingerprint density at radius 3 is 2.58 bits per heavy atom. The molecular formula is C18H13BrN2O3. The summed E-state index contributed by atoms with van der Waals surface area (Å²) in [4.78, 5) is 23.7. The van der Waals surface area contributed by atoms with Crippen LogP contribution >= 0.6 is 15.9 Å². The molecule has 0 aliphatic heterocycles. The number of nitrogens with one attached hydrogen (secondary N) is 1. The number of carbonyl (C=O) groups excluding carboxylic acids is 2. The van der Waals surface area contributed by atoms with Gasteiger partial charge in [0, 0.05) is 10.2 Å². The summed E-state index contributed by atoms with van der Waals surface area (Å²) in [7, 11) is 0. The number of hydrogen-bond acceptors (Lipinski definition) is 4. The Balaban J connectivity index is 1.93. The number of amides is 1. The largest absolute Gasteiger partial charge is 0.451 e. The number of nitriles is 1. The van der Waals surface area contributed by atoms with Gasteiger partial charge in [-0.2, -0.15) is 5.26 Å². The first-order chi connectivity index (χ1) is 11.6. The van der Waals surface area contributed by atoms with Gasteiger partial charge in [0.1, 0.15) is 11.6 Å². The number of ether oxygens (including phenoxy) is 1. The van der Waals surface area contributed by atoms with Gasteiger partial charge in [-0.05, 0) is 29.8 Å². The van der Waals surface area contributed by atoms with Crippen molar-refractivity contribution >= 4 is 39.6 Å². The molecule has 1 N–H and O–H groups in total. The van der Waals surface area contributed by atoms with E-state index in [2.05, 4.69) is 21.2 Å². The van der Waals surface area contributed by atoms with E-state index in [1.165, 1.54) is 6.08 Å². The van der Waals surface area contributed by atoms with Crippen LogP contribution in [0.2, 0.25) is 0 Å². The van der Waals surface area contributed by atoms with Crippen LogP contribution in [0.25, 0.3) is 6.08 Å². The standard InChI is InChI=1S/C18H13BrN2O3/c19-15-7-4-8-16(10-15)21-17(22)12-24-18(23)14(11-20)9-13-5-2-1-3-6-13/h1-10H,12H2,(H,21,22). The van der Waals surface area contributed by atoms with E-state index in [0.717, 1.165) is 4.47 Å². The molecule has 2 rings (SSSR count). The number of halogens is 1. The predicted molar refractivity (Wildman–Crippen MR) is 93.8 cm³/mol. The van der Waals surface area contributed by atoms with Crippen LogP contribution in [0.1, 0.15) is 5.56 Å². The van der Waals surface area contributed by atoms with Crippen molar-refractivity contribution in [2.45, 2.75) is 0 Å². The van der Waals surface area contributed by atoms with Gasteiger partial charge in [0.15, 0.2) is 6.61 Å². The van der Waals surface area contributed by atoms with Crippen LogP contribution in [0.15, 0.2) is 64.6 Å². The van der Waals surface area contributed by atoms with Crippen molar-refractivity contribution in [3.05, 3.63) is 70.2 Å². The van der Waals surface area contributed by atoms with Crippen LogP contribution in [0, 0.1) is 11.3 Å². The molecule has 24 heavy (non-hydrogen) atoms. The second-order valence-electron chi connectivity index (χ2n) is 4.72. The molecule has 0 aromatic heterocycles. The molecule has 120 valence electrons. The van der Waals surface area contributed by atoms with E-state index in [1.54, 1.807) is 48.5 Å². The van der Waals surface area contributed by atoms with Crippen molar-refractivity contribution in [1.29, 1.82) is 5.26 Å². The molecule has 1 amide bonds. The molecule has 5 nitrogen and oxygen atoms in total. The highest BCUT2D eigenvalue weighted by Gasteiger charge is 2.13. The van der Waals surface area contributed by atoms with E-state index in [1.807, 2.05) is 12.1 Å². The number of anilines is 1. The highest BCUT2D eigenvalue weighted by atomic mass is 79.9. The van der Waals surface area contributed by atoms with E-state index in [0.29, 0.717) is 11.3 Å². The molecule has 2 aromatic carbocycles. The second kappa shape index (κ2) is 8.65. The summed E-state index contributed by atoms with van der Waals surface area (Å²) in [5.74, 6) is -1.33. The highest BCUT2D eigenvalue weighted by molar-refractivity contribution is 9.10. The van der Waals surface area contributed by atoms with Crippen LogP contribution in [0.5, 0.6) is 0 Å². The Morgan fingerprint density at radius 1 is 1.17 bits per heavy atom. The minimum Gasteiger partial charge on any atom is -0.451 e. The number of carbonyl (C=O) groups is 2. The van der Waals surface area contributed by atoms with E-state index in [4.69, 9.17) is 10.00 Å². The van der Waals surface area contributed by atoms with Gasteiger partial charge in [-0.15, -0.1) is 0 Å². The second-order valence-corrected chi connectivity index (χ2v) is 5.63. The molecule has 6 heteroatoms. The maximum Gasteiger partial charge on any atom is 0.349 e. The van der Waals surface area contributed by atoms with Crippen LogP contribution in [-0.4, -0.2) is 18.5 Å². The fraction of sp³-hybridized carbons (Fsp3) is 0.0556. The monoisotopic (exact) mass is 384 g/mol. The van der Waals surface area contributed by atoms with Crippen molar-refractivity contribution in [2.24, 2.45) is 0 Å². The molecular weight excluding hydrogens is 372 g/mol. The zero-order valence-corrected chi connectivity index (χ0v) is 14.1. The Morgan fingerprint density at radius 2 is 1.92 bits per heavy atom. The zero-order chi connectivity index (χ0) is 17.4. The van der Waals surface area contributed by atoms with Gasteiger partial charge in [0.2, 0.25) is 0 Å². The molecule has 0 saturated heterocycles. The van der Waals surface area contributed by atoms with Crippen LogP contribution < -0.4 is 5.32 Å². The fourth-order valence-corrected chi connectivity index (χ4v) is 2.22. The molecule has 0 bridgehead atoms. The molecule has 0 spiro atoms. The first kappa shape index (κ1) is 17.4. The number of esters is 1. The maximum absolute atomic E-state index is 11.9. The molecule has 0 saturated carbocycles. The van der Waals surface area contributed by atoms with Gasteiger partial charge in [-0.25, -0.2) is 4.79 Å². The lowest BCUT2D eigenvalue weighted by Gasteiger charge is -2.06. The first-order valence-electron chi connectivity index (χ1n) is 6.98. The highest BCUT2D eigenvalue weighted by Crippen LogP contribution is 2.15. The van der Waals surface area contributed by atoms with Crippen LogP contribution in [-0.2, 0) is 14.3 Å². The van der Waals surface area contributed by atoms with Gasteiger partial charge in [0.05, 0.1) is 0 Å². The molecule has 0 atom stereocenters. The zero-order valence-electron chi connectivity index (χ0n) is 12.5. The van der Waals surface area contributed by atoms with E-state index in [9.17, 15) is 9.59 Å².